The minimum absolute atomic E-state index is 0.0517. The third kappa shape index (κ3) is 17.4. The first kappa shape index (κ1) is 42.1. The number of carbonyl (C=O) groups is 8. The molecule has 0 radical (unpaired) electrons. The Hall–Kier alpha value is -5.06. The number of amides is 6. The highest BCUT2D eigenvalue weighted by molar-refractivity contribution is 6.01. The molecule has 2 atom stereocenters. The molecule has 0 aromatic heterocycles. The highest BCUT2D eigenvalue weighted by Gasteiger charge is 2.33. The van der Waals surface area contributed by atoms with Crippen LogP contribution < -0.4 is 21.3 Å². The van der Waals surface area contributed by atoms with Crippen molar-refractivity contribution in [3.63, 3.8) is 0 Å². The van der Waals surface area contributed by atoms with Crippen LogP contribution in [0.5, 0.6) is 0 Å². The molecule has 1 aromatic rings. The van der Waals surface area contributed by atoms with Gasteiger partial charge in [0, 0.05) is 25.8 Å². The molecule has 4 N–H and O–H groups in total. The number of benzene rings is 1. The number of carbonyl (C=O) groups excluding carboxylic acids is 8. The summed E-state index contributed by atoms with van der Waals surface area (Å²) >= 11 is 0. The molecule has 0 saturated carbocycles. The van der Waals surface area contributed by atoms with Crippen molar-refractivity contribution in [2.75, 3.05) is 26.3 Å². The molecule has 0 aliphatic carbocycles. The lowest BCUT2D eigenvalue weighted by Crippen LogP contribution is -2.54. The zero-order valence-electron chi connectivity index (χ0n) is 30.0. The Morgan fingerprint density at radius 1 is 0.765 bits per heavy atom. The van der Waals surface area contributed by atoms with Crippen LogP contribution in [0.25, 0.3) is 0 Å². The van der Waals surface area contributed by atoms with Gasteiger partial charge in [0.1, 0.15) is 43.0 Å². The number of esters is 1. The van der Waals surface area contributed by atoms with E-state index in [2.05, 4.69) is 26.1 Å². The highest BCUT2D eigenvalue weighted by Crippen LogP contribution is 2.14. The maximum absolute atomic E-state index is 13.6. The summed E-state index contributed by atoms with van der Waals surface area (Å²) in [5.41, 5.74) is -0.892. The van der Waals surface area contributed by atoms with Gasteiger partial charge >= 0.3 is 18.0 Å². The van der Waals surface area contributed by atoms with E-state index in [-0.39, 0.29) is 32.2 Å². The normalized spacial score (nSPS) is 14.2. The Bertz CT molecular complexity index is 1390. The summed E-state index contributed by atoms with van der Waals surface area (Å²) in [6, 6.07) is 6.71. The van der Waals surface area contributed by atoms with Crippen molar-refractivity contribution in [1.82, 2.24) is 26.3 Å². The molecule has 1 aliphatic rings. The molecule has 0 bridgehead atoms. The molecule has 17 nitrogen and oxygen atoms in total. The van der Waals surface area contributed by atoms with Crippen LogP contribution >= 0.6 is 0 Å². The molecule has 1 fully saturated rings. The van der Waals surface area contributed by atoms with Gasteiger partial charge < -0.3 is 40.3 Å². The molecule has 17 heteroatoms. The molecule has 2 rings (SSSR count). The van der Waals surface area contributed by atoms with Gasteiger partial charge in [-0.3, -0.25) is 24.0 Å². The van der Waals surface area contributed by atoms with Gasteiger partial charge in [-0.1, -0.05) is 30.3 Å². The van der Waals surface area contributed by atoms with Crippen molar-refractivity contribution in [2.24, 2.45) is 0 Å². The van der Waals surface area contributed by atoms with E-state index >= 15 is 0 Å². The summed E-state index contributed by atoms with van der Waals surface area (Å²) in [5.74, 6) is -4.82. The van der Waals surface area contributed by atoms with Crippen molar-refractivity contribution < 1.29 is 57.4 Å². The maximum atomic E-state index is 13.6. The first-order chi connectivity index (χ1) is 23.8. The van der Waals surface area contributed by atoms with Crippen LogP contribution in [0.2, 0.25) is 0 Å². The number of hydrogen-bond acceptors (Lipinski definition) is 12. The number of ether oxygens (including phenoxy) is 3. The van der Waals surface area contributed by atoms with Crippen LogP contribution in [0.4, 0.5) is 4.79 Å². The van der Waals surface area contributed by atoms with Crippen LogP contribution in [-0.4, -0.2) is 102 Å². The predicted molar refractivity (Wildman–Crippen MR) is 179 cm³/mol. The van der Waals surface area contributed by atoms with Crippen LogP contribution in [-0.2, 0) is 59.0 Å². The van der Waals surface area contributed by atoms with Crippen molar-refractivity contribution in [2.45, 2.75) is 103 Å². The number of unbranched alkanes of at least 4 members (excludes halogenated alkanes) is 1. The van der Waals surface area contributed by atoms with E-state index in [1.807, 2.05) is 0 Å². The van der Waals surface area contributed by atoms with Gasteiger partial charge in [0.25, 0.3) is 11.8 Å². The SMILES string of the molecule is CC(C)(C)OC(=O)NCC(=O)N[C@@H](Cc1ccccc1)C(=O)N[C@@H](CCCCNC(=O)COCC(=O)ON1C(=O)CCC1=O)C(=O)OC(C)(C)C. The van der Waals surface area contributed by atoms with Crippen molar-refractivity contribution >= 4 is 47.6 Å². The fraction of sp³-hybridized carbons (Fsp3) is 0.588. The lowest BCUT2D eigenvalue weighted by atomic mass is 10.0. The van der Waals surface area contributed by atoms with E-state index in [0.717, 1.165) is 5.56 Å². The van der Waals surface area contributed by atoms with Gasteiger partial charge in [-0.2, -0.15) is 0 Å². The second-order valence-corrected chi connectivity index (χ2v) is 13.6. The monoisotopic (exact) mass is 719 g/mol. The third-order valence-electron chi connectivity index (χ3n) is 6.63. The Morgan fingerprint density at radius 2 is 1.39 bits per heavy atom. The van der Waals surface area contributed by atoms with Crippen LogP contribution in [0, 0.1) is 0 Å². The maximum Gasteiger partial charge on any atom is 0.408 e. The van der Waals surface area contributed by atoms with E-state index in [1.165, 1.54) is 0 Å². The Balaban J connectivity index is 1.92. The quantitative estimate of drug-likeness (QED) is 0.0947. The highest BCUT2D eigenvalue weighted by atomic mass is 16.7. The first-order valence-corrected chi connectivity index (χ1v) is 16.6. The van der Waals surface area contributed by atoms with E-state index < -0.39 is 90.6 Å². The Labute approximate surface area is 296 Å². The molecule has 1 heterocycles. The predicted octanol–water partition coefficient (Wildman–Crippen LogP) is 0.975. The molecule has 51 heavy (non-hydrogen) atoms. The molecular weight excluding hydrogens is 670 g/mol. The summed E-state index contributed by atoms with van der Waals surface area (Å²) < 4.78 is 15.7. The van der Waals surface area contributed by atoms with Crippen LogP contribution in [0.15, 0.2) is 30.3 Å². The number of alkyl carbamates (subject to hydrolysis) is 1. The fourth-order valence-corrected chi connectivity index (χ4v) is 4.43. The molecule has 282 valence electrons. The summed E-state index contributed by atoms with van der Waals surface area (Å²) in [5, 5.41) is 10.6. The summed E-state index contributed by atoms with van der Waals surface area (Å²) in [6.45, 7) is 8.65. The molecule has 1 aliphatic heterocycles. The lowest BCUT2D eigenvalue weighted by molar-refractivity contribution is -0.200. The van der Waals surface area contributed by atoms with E-state index in [0.29, 0.717) is 17.9 Å². The fourth-order valence-electron chi connectivity index (χ4n) is 4.43. The number of imide groups is 1. The summed E-state index contributed by atoms with van der Waals surface area (Å²) in [7, 11) is 0. The Kier molecular flexibility index (Phi) is 16.5. The second-order valence-electron chi connectivity index (χ2n) is 13.6. The number of nitrogens with one attached hydrogen (secondary N) is 4. The minimum atomic E-state index is -1.11. The zero-order chi connectivity index (χ0) is 38.2. The van der Waals surface area contributed by atoms with E-state index in [4.69, 9.17) is 14.2 Å². The van der Waals surface area contributed by atoms with Crippen LogP contribution in [0.1, 0.15) is 79.2 Å². The molecule has 6 amide bonds. The summed E-state index contributed by atoms with van der Waals surface area (Å²) in [6.07, 6.45) is 0.0812. The van der Waals surface area contributed by atoms with Gasteiger partial charge in [-0.05, 0) is 66.4 Å². The van der Waals surface area contributed by atoms with Gasteiger partial charge in [0.05, 0.1) is 0 Å². The largest absolute Gasteiger partial charge is 0.458 e. The minimum Gasteiger partial charge on any atom is -0.458 e. The van der Waals surface area contributed by atoms with Crippen molar-refractivity contribution in [3.8, 4) is 0 Å². The topological polar surface area (TPSA) is 225 Å². The van der Waals surface area contributed by atoms with Gasteiger partial charge in [-0.25, -0.2) is 14.4 Å². The van der Waals surface area contributed by atoms with Crippen LogP contribution in [0.3, 0.4) is 0 Å². The standard InChI is InChI=1S/C34H49N5O12/c1-33(2,3)49-31(46)23(14-10-11-17-35-26(41)20-48-21-29(44)51-39-27(42)15-16-28(39)43)38-30(45)24(18-22-12-8-7-9-13-22)37-25(40)19-36-32(47)50-34(4,5)6/h7-9,12-13,23-24H,10-11,14-21H2,1-6H3,(H,35,41)(H,36,47)(H,37,40)(H,38,45)/t23-,24-/m0/s1. The number of hydrogen-bond donors (Lipinski definition) is 4. The zero-order valence-corrected chi connectivity index (χ0v) is 30.0. The average molecular weight is 720 g/mol. The number of nitrogens with zero attached hydrogens (tertiary/aromatic N) is 1. The molecule has 0 spiro atoms. The smallest absolute Gasteiger partial charge is 0.408 e. The third-order valence-corrected chi connectivity index (χ3v) is 6.63. The molecular formula is C34H49N5O12. The van der Waals surface area contributed by atoms with Gasteiger partial charge in [0.2, 0.25) is 17.7 Å². The van der Waals surface area contributed by atoms with Gasteiger partial charge in [0.15, 0.2) is 0 Å². The average Bonchev–Trinajstić information content (AvgIpc) is 3.33. The van der Waals surface area contributed by atoms with E-state index in [9.17, 15) is 38.4 Å². The summed E-state index contributed by atoms with van der Waals surface area (Å²) in [4.78, 5) is 103. The van der Waals surface area contributed by atoms with Crippen molar-refractivity contribution in [3.05, 3.63) is 35.9 Å². The van der Waals surface area contributed by atoms with E-state index in [1.54, 1.807) is 71.9 Å². The molecule has 1 saturated heterocycles. The number of rotatable bonds is 18. The lowest BCUT2D eigenvalue weighted by Gasteiger charge is -2.26. The number of hydroxylamine groups is 2. The molecule has 1 aromatic carbocycles. The Morgan fingerprint density at radius 3 is 2.00 bits per heavy atom. The first-order valence-electron chi connectivity index (χ1n) is 16.6. The van der Waals surface area contributed by atoms with Crippen molar-refractivity contribution in [1.29, 1.82) is 0 Å². The second kappa shape index (κ2) is 20.0. The molecule has 0 unspecified atom stereocenters. The van der Waals surface area contributed by atoms with Gasteiger partial charge in [-0.15, -0.1) is 5.06 Å².